The number of imidazole rings is 1. The minimum absolute atomic E-state index is 0.282. The van der Waals surface area contributed by atoms with E-state index in [4.69, 9.17) is 4.74 Å². The van der Waals surface area contributed by atoms with E-state index in [2.05, 4.69) is 10.3 Å². The molecule has 23 heavy (non-hydrogen) atoms. The summed E-state index contributed by atoms with van der Waals surface area (Å²) in [7, 11) is 3.61. The minimum Gasteiger partial charge on any atom is -0.508 e. The third-order valence-corrected chi connectivity index (χ3v) is 3.80. The van der Waals surface area contributed by atoms with Crippen molar-refractivity contribution in [3.8, 4) is 22.8 Å². The lowest BCUT2D eigenvalue weighted by atomic mass is 10.1. The van der Waals surface area contributed by atoms with E-state index in [0.29, 0.717) is 6.54 Å². The van der Waals surface area contributed by atoms with Gasteiger partial charge in [0.15, 0.2) is 0 Å². The molecule has 0 aliphatic carbocycles. The topological polar surface area (TPSA) is 59.3 Å². The van der Waals surface area contributed by atoms with Crippen LogP contribution in [0.1, 0.15) is 5.56 Å². The zero-order valence-corrected chi connectivity index (χ0v) is 13.2. The fourth-order valence-corrected chi connectivity index (χ4v) is 2.44. The standard InChI is InChI=1S/C18H19N3O2/c1-21-16(13-7-9-15(23-2)10-8-13)12-20-18(21)19-11-14-5-3-4-6-17(14)22/h3-10,12,22H,11H2,1-2H3,(H,19,20). The number of nitrogens with one attached hydrogen (secondary N) is 1. The Labute approximate surface area is 135 Å². The number of benzene rings is 2. The second kappa shape index (κ2) is 6.44. The highest BCUT2D eigenvalue weighted by atomic mass is 16.5. The number of hydrogen-bond acceptors (Lipinski definition) is 4. The van der Waals surface area contributed by atoms with Crippen molar-refractivity contribution in [1.29, 1.82) is 0 Å². The largest absolute Gasteiger partial charge is 0.508 e. The number of rotatable bonds is 5. The van der Waals surface area contributed by atoms with Crippen molar-refractivity contribution in [3.63, 3.8) is 0 Å². The lowest BCUT2D eigenvalue weighted by Crippen LogP contribution is -2.05. The normalized spacial score (nSPS) is 10.5. The van der Waals surface area contributed by atoms with Crippen LogP contribution in [0, 0.1) is 0 Å². The molecule has 0 saturated heterocycles. The van der Waals surface area contributed by atoms with Gasteiger partial charge in [-0.15, -0.1) is 0 Å². The van der Waals surface area contributed by atoms with Crippen molar-refractivity contribution in [3.05, 3.63) is 60.3 Å². The molecule has 3 aromatic rings. The number of ether oxygens (including phenoxy) is 1. The molecule has 0 saturated carbocycles. The summed E-state index contributed by atoms with van der Waals surface area (Å²) in [6, 6.07) is 15.1. The molecule has 0 bridgehead atoms. The Kier molecular flexibility index (Phi) is 4.19. The summed E-state index contributed by atoms with van der Waals surface area (Å²) in [5.41, 5.74) is 2.91. The van der Waals surface area contributed by atoms with Crippen LogP contribution < -0.4 is 10.1 Å². The molecule has 0 amide bonds. The van der Waals surface area contributed by atoms with Crippen LogP contribution in [0.2, 0.25) is 0 Å². The number of hydrogen-bond donors (Lipinski definition) is 2. The Balaban J connectivity index is 1.77. The lowest BCUT2D eigenvalue weighted by Gasteiger charge is -2.09. The minimum atomic E-state index is 0.282. The van der Waals surface area contributed by atoms with E-state index in [1.807, 2.05) is 54.2 Å². The third-order valence-electron chi connectivity index (χ3n) is 3.80. The zero-order valence-electron chi connectivity index (χ0n) is 13.2. The van der Waals surface area contributed by atoms with Gasteiger partial charge in [-0.1, -0.05) is 18.2 Å². The van der Waals surface area contributed by atoms with Crippen molar-refractivity contribution >= 4 is 5.95 Å². The molecular formula is C18H19N3O2. The fraction of sp³-hybridized carbons (Fsp3) is 0.167. The van der Waals surface area contributed by atoms with Gasteiger partial charge in [0.1, 0.15) is 11.5 Å². The van der Waals surface area contributed by atoms with E-state index >= 15 is 0 Å². The molecule has 0 radical (unpaired) electrons. The van der Waals surface area contributed by atoms with E-state index < -0.39 is 0 Å². The molecule has 1 aromatic heterocycles. The second-order valence-corrected chi connectivity index (χ2v) is 5.24. The number of aromatic nitrogens is 2. The van der Waals surface area contributed by atoms with Gasteiger partial charge in [-0.2, -0.15) is 0 Å². The summed E-state index contributed by atoms with van der Waals surface area (Å²) in [6.07, 6.45) is 1.83. The molecule has 5 nitrogen and oxygen atoms in total. The van der Waals surface area contributed by atoms with Gasteiger partial charge in [0.05, 0.1) is 19.0 Å². The lowest BCUT2D eigenvalue weighted by molar-refractivity contribution is 0.415. The summed E-state index contributed by atoms with van der Waals surface area (Å²) in [5.74, 6) is 1.86. The van der Waals surface area contributed by atoms with Crippen LogP contribution >= 0.6 is 0 Å². The first kappa shape index (κ1) is 15.0. The Bertz CT molecular complexity index is 794. The maximum atomic E-state index is 9.81. The summed E-state index contributed by atoms with van der Waals surface area (Å²) < 4.78 is 7.17. The molecule has 0 unspecified atom stereocenters. The Morgan fingerprint density at radius 2 is 1.87 bits per heavy atom. The van der Waals surface area contributed by atoms with Crippen LogP contribution in [0.5, 0.6) is 11.5 Å². The molecule has 0 fully saturated rings. The predicted octanol–water partition coefficient (Wildman–Crippen LogP) is 3.41. The van der Waals surface area contributed by atoms with Crippen LogP contribution in [0.25, 0.3) is 11.3 Å². The first-order valence-electron chi connectivity index (χ1n) is 7.36. The smallest absolute Gasteiger partial charge is 0.203 e. The van der Waals surface area contributed by atoms with Crippen LogP contribution in [-0.2, 0) is 13.6 Å². The van der Waals surface area contributed by atoms with E-state index in [-0.39, 0.29) is 5.75 Å². The number of phenolic OH excluding ortho intramolecular Hbond substituents is 1. The maximum absolute atomic E-state index is 9.81. The first-order valence-corrected chi connectivity index (χ1v) is 7.36. The fourth-order valence-electron chi connectivity index (χ4n) is 2.44. The second-order valence-electron chi connectivity index (χ2n) is 5.24. The van der Waals surface area contributed by atoms with Crippen LogP contribution in [0.3, 0.4) is 0 Å². The predicted molar refractivity (Wildman–Crippen MR) is 90.6 cm³/mol. The average molecular weight is 309 g/mol. The van der Waals surface area contributed by atoms with Crippen LogP contribution in [-0.4, -0.2) is 21.8 Å². The van der Waals surface area contributed by atoms with Crippen molar-refractivity contribution in [2.75, 3.05) is 12.4 Å². The van der Waals surface area contributed by atoms with E-state index in [1.54, 1.807) is 19.2 Å². The molecule has 118 valence electrons. The van der Waals surface area contributed by atoms with Gasteiger partial charge in [0, 0.05) is 24.7 Å². The molecule has 2 N–H and O–H groups in total. The van der Waals surface area contributed by atoms with Gasteiger partial charge in [0.25, 0.3) is 0 Å². The monoisotopic (exact) mass is 309 g/mol. The van der Waals surface area contributed by atoms with Gasteiger partial charge in [0.2, 0.25) is 5.95 Å². The highest BCUT2D eigenvalue weighted by Gasteiger charge is 2.09. The number of phenols is 1. The summed E-state index contributed by atoms with van der Waals surface area (Å²) in [6.45, 7) is 0.513. The van der Waals surface area contributed by atoms with Crippen molar-refractivity contribution in [1.82, 2.24) is 9.55 Å². The molecule has 0 spiro atoms. The quantitative estimate of drug-likeness (QED) is 0.758. The highest BCUT2D eigenvalue weighted by Crippen LogP contribution is 2.25. The Morgan fingerprint density at radius 3 is 2.57 bits per heavy atom. The summed E-state index contributed by atoms with van der Waals surface area (Å²) in [4.78, 5) is 4.42. The van der Waals surface area contributed by atoms with E-state index in [1.165, 1.54) is 0 Å². The number of aromatic hydroxyl groups is 1. The summed E-state index contributed by atoms with van der Waals surface area (Å²) >= 11 is 0. The molecular weight excluding hydrogens is 290 g/mol. The van der Waals surface area contributed by atoms with E-state index in [0.717, 1.165) is 28.5 Å². The number of methoxy groups -OCH3 is 1. The van der Waals surface area contributed by atoms with Gasteiger partial charge < -0.3 is 19.7 Å². The molecule has 3 rings (SSSR count). The molecule has 0 atom stereocenters. The van der Waals surface area contributed by atoms with Gasteiger partial charge in [-0.25, -0.2) is 4.98 Å². The maximum Gasteiger partial charge on any atom is 0.203 e. The zero-order chi connectivity index (χ0) is 16.2. The number of nitrogens with zero attached hydrogens (tertiary/aromatic N) is 2. The van der Waals surface area contributed by atoms with Gasteiger partial charge >= 0.3 is 0 Å². The number of anilines is 1. The molecule has 1 heterocycles. The van der Waals surface area contributed by atoms with Crippen molar-refractivity contribution < 1.29 is 9.84 Å². The van der Waals surface area contributed by atoms with Crippen molar-refractivity contribution in [2.24, 2.45) is 7.05 Å². The SMILES string of the molecule is COc1ccc(-c2cnc(NCc3ccccc3O)n2C)cc1. The molecule has 0 aliphatic rings. The van der Waals surface area contributed by atoms with Crippen LogP contribution in [0.4, 0.5) is 5.95 Å². The number of para-hydroxylation sites is 1. The third kappa shape index (κ3) is 3.13. The Morgan fingerprint density at radius 1 is 1.13 bits per heavy atom. The first-order chi connectivity index (χ1) is 11.2. The average Bonchev–Trinajstić information content (AvgIpc) is 2.95. The van der Waals surface area contributed by atoms with Crippen LogP contribution in [0.15, 0.2) is 54.7 Å². The summed E-state index contributed by atoms with van der Waals surface area (Å²) in [5, 5.41) is 13.1. The highest BCUT2D eigenvalue weighted by molar-refractivity contribution is 5.62. The molecule has 2 aromatic carbocycles. The van der Waals surface area contributed by atoms with Gasteiger partial charge in [-0.05, 0) is 30.3 Å². The van der Waals surface area contributed by atoms with E-state index in [9.17, 15) is 5.11 Å². The molecule has 5 heteroatoms. The van der Waals surface area contributed by atoms with Gasteiger partial charge in [-0.3, -0.25) is 0 Å². The Hall–Kier alpha value is -2.95. The van der Waals surface area contributed by atoms with Crippen molar-refractivity contribution in [2.45, 2.75) is 6.54 Å². The molecule has 0 aliphatic heterocycles.